The summed E-state index contributed by atoms with van der Waals surface area (Å²) in [6.07, 6.45) is 0. The lowest BCUT2D eigenvalue weighted by Gasteiger charge is -2.21. The topological polar surface area (TPSA) is 124 Å². The van der Waals surface area contributed by atoms with Gasteiger partial charge in [-0.05, 0) is 12.0 Å². The molecule has 0 saturated carbocycles. The van der Waals surface area contributed by atoms with Crippen molar-refractivity contribution in [1.82, 2.24) is 0 Å². The quantitative estimate of drug-likeness (QED) is 0.599. The van der Waals surface area contributed by atoms with Crippen LogP contribution in [0.15, 0.2) is 18.2 Å². The second-order valence-corrected chi connectivity index (χ2v) is 4.45. The first-order chi connectivity index (χ1) is 8.86. The number of non-ortho nitro benzene ring substituents is 1. The van der Waals surface area contributed by atoms with Crippen LogP contribution in [0.1, 0.15) is 13.8 Å². The zero-order valence-electron chi connectivity index (χ0n) is 10.7. The van der Waals surface area contributed by atoms with Gasteiger partial charge in [-0.2, -0.15) is 0 Å². The molecule has 1 aromatic rings. The average Bonchev–Trinajstić information content (AvgIpc) is 2.35. The SMILES string of the molecule is CC(C)C(CN)Nc1ccc([N+](=O)[O-])cc1[N+](=O)[O-]. The lowest BCUT2D eigenvalue weighted by Crippen LogP contribution is -2.33. The van der Waals surface area contributed by atoms with Crippen molar-refractivity contribution in [3.05, 3.63) is 38.4 Å². The fraction of sp³-hybridized carbons (Fsp3) is 0.455. The summed E-state index contributed by atoms with van der Waals surface area (Å²) in [5.41, 5.74) is 5.18. The van der Waals surface area contributed by atoms with E-state index in [2.05, 4.69) is 5.32 Å². The van der Waals surface area contributed by atoms with E-state index in [9.17, 15) is 20.2 Å². The number of rotatable bonds is 6. The molecule has 0 heterocycles. The number of nitro groups is 2. The summed E-state index contributed by atoms with van der Waals surface area (Å²) in [4.78, 5) is 20.2. The first-order valence-electron chi connectivity index (χ1n) is 5.76. The maximum atomic E-state index is 10.9. The predicted octanol–water partition coefficient (Wildman–Crippen LogP) is 1.90. The van der Waals surface area contributed by atoms with Gasteiger partial charge in [0, 0.05) is 18.7 Å². The third kappa shape index (κ3) is 3.62. The number of anilines is 1. The Morgan fingerprint density at radius 2 is 1.89 bits per heavy atom. The van der Waals surface area contributed by atoms with Crippen LogP contribution in [-0.2, 0) is 0 Å². The molecule has 1 aromatic carbocycles. The highest BCUT2D eigenvalue weighted by Gasteiger charge is 2.22. The maximum absolute atomic E-state index is 10.9. The highest BCUT2D eigenvalue weighted by molar-refractivity contribution is 5.65. The Bertz CT molecular complexity index is 490. The Morgan fingerprint density at radius 1 is 1.26 bits per heavy atom. The Morgan fingerprint density at radius 3 is 2.32 bits per heavy atom. The Balaban J connectivity index is 3.13. The molecule has 0 radical (unpaired) electrons. The number of nitrogens with one attached hydrogen (secondary N) is 1. The van der Waals surface area contributed by atoms with Crippen molar-refractivity contribution in [2.24, 2.45) is 11.7 Å². The van der Waals surface area contributed by atoms with Crippen LogP contribution in [0.25, 0.3) is 0 Å². The summed E-state index contributed by atoms with van der Waals surface area (Å²) in [7, 11) is 0. The minimum atomic E-state index is -0.667. The van der Waals surface area contributed by atoms with Gasteiger partial charge in [-0.15, -0.1) is 0 Å². The van der Waals surface area contributed by atoms with Gasteiger partial charge in [-0.1, -0.05) is 13.8 Å². The summed E-state index contributed by atoms with van der Waals surface area (Å²) in [6, 6.07) is 3.36. The second kappa shape index (κ2) is 6.10. The molecule has 0 aliphatic heterocycles. The lowest BCUT2D eigenvalue weighted by molar-refractivity contribution is -0.393. The van der Waals surface area contributed by atoms with Crippen LogP contribution in [0.2, 0.25) is 0 Å². The van der Waals surface area contributed by atoms with Gasteiger partial charge in [0.05, 0.1) is 15.9 Å². The van der Waals surface area contributed by atoms with Crippen LogP contribution in [0.4, 0.5) is 17.1 Å². The minimum Gasteiger partial charge on any atom is -0.375 e. The second-order valence-electron chi connectivity index (χ2n) is 4.45. The standard InChI is InChI=1S/C11H16N4O4/c1-7(2)10(6-12)13-9-4-3-8(14(16)17)5-11(9)15(18)19/h3-5,7,10,13H,6,12H2,1-2H3. The van der Waals surface area contributed by atoms with Gasteiger partial charge >= 0.3 is 0 Å². The van der Waals surface area contributed by atoms with E-state index in [0.29, 0.717) is 6.54 Å². The summed E-state index contributed by atoms with van der Waals surface area (Å²) in [5.74, 6) is 0.180. The molecule has 8 heteroatoms. The van der Waals surface area contributed by atoms with Crippen LogP contribution in [0.3, 0.4) is 0 Å². The van der Waals surface area contributed by atoms with Crippen LogP contribution >= 0.6 is 0 Å². The molecule has 19 heavy (non-hydrogen) atoms. The predicted molar refractivity (Wildman–Crippen MR) is 71.1 cm³/mol. The number of hydrogen-bond donors (Lipinski definition) is 2. The van der Waals surface area contributed by atoms with E-state index in [4.69, 9.17) is 5.73 Å². The first-order valence-corrected chi connectivity index (χ1v) is 5.76. The molecule has 1 unspecified atom stereocenters. The molecule has 1 rings (SSSR count). The van der Waals surface area contributed by atoms with Crippen molar-refractivity contribution in [1.29, 1.82) is 0 Å². The maximum Gasteiger partial charge on any atom is 0.299 e. The molecule has 3 N–H and O–H groups in total. The van der Waals surface area contributed by atoms with Gasteiger partial charge < -0.3 is 11.1 Å². The molecule has 0 bridgehead atoms. The van der Waals surface area contributed by atoms with Crippen molar-refractivity contribution in [3.8, 4) is 0 Å². The smallest absolute Gasteiger partial charge is 0.299 e. The van der Waals surface area contributed by atoms with Crippen molar-refractivity contribution < 1.29 is 9.85 Å². The van der Waals surface area contributed by atoms with E-state index in [0.717, 1.165) is 6.07 Å². The zero-order valence-corrected chi connectivity index (χ0v) is 10.7. The summed E-state index contributed by atoms with van der Waals surface area (Å²) >= 11 is 0. The molecule has 0 aliphatic carbocycles. The summed E-state index contributed by atoms with van der Waals surface area (Å²) in [6.45, 7) is 4.18. The average molecular weight is 268 g/mol. The first kappa shape index (κ1) is 14.8. The molecular weight excluding hydrogens is 252 g/mol. The van der Waals surface area contributed by atoms with Gasteiger partial charge in [-0.3, -0.25) is 20.2 Å². The van der Waals surface area contributed by atoms with E-state index in [1.165, 1.54) is 12.1 Å². The van der Waals surface area contributed by atoms with Crippen molar-refractivity contribution >= 4 is 17.1 Å². The van der Waals surface area contributed by atoms with Crippen molar-refractivity contribution in [2.45, 2.75) is 19.9 Å². The van der Waals surface area contributed by atoms with E-state index in [-0.39, 0.29) is 29.0 Å². The normalized spacial score (nSPS) is 12.2. The number of nitrogens with zero attached hydrogens (tertiary/aromatic N) is 2. The van der Waals surface area contributed by atoms with E-state index < -0.39 is 9.85 Å². The van der Waals surface area contributed by atoms with E-state index >= 15 is 0 Å². The lowest BCUT2D eigenvalue weighted by atomic mass is 10.0. The molecular formula is C11H16N4O4. The third-order valence-electron chi connectivity index (χ3n) is 2.79. The zero-order chi connectivity index (χ0) is 14.6. The van der Waals surface area contributed by atoms with Gasteiger partial charge in [0.25, 0.3) is 11.4 Å². The Labute approximate surface area is 109 Å². The summed E-state index contributed by atoms with van der Waals surface area (Å²) < 4.78 is 0. The van der Waals surface area contributed by atoms with Crippen LogP contribution < -0.4 is 11.1 Å². The Hall–Kier alpha value is -2.22. The molecule has 0 spiro atoms. The fourth-order valence-corrected chi connectivity index (χ4v) is 1.60. The molecule has 0 aromatic heterocycles. The van der Waals surface area contributed by atoms with Crippen LogP contribution in [-0.4, -0.2) is 22.4 Å². The van der Waals surface area contributed by atoms with Crippen molar-refractivity contribution in [2.75, 3.05) is 11.9 Å². The Kier molecular flexibility index (Phi) is 4.76. The van der Waals surface area contributed by atoms with Crippen LogP contribution in [0.5, 0.6) is 0 Å². The number of hydrogen-bond acceptors (Lipinski definition) is 6. The molecule has 8 nitrogen and oxygen atoms in total. The van der Waals surface area contributed by atoms with E-state index in [1.54, 1.807) is 0 Å². The molecule has 0 saturated heterocycles. The van der Waals surface area contributed by atoms with E-state index in [1.807, 2.05) is 13.8 Å². The van der Waals surface area contributed by atoms with Gasteiger partial charge in [-0.25, -0.2) is 0 Å². The highest BCUT2D eigenvalue weighted by atomic mass is 16.6. The van der Waals surface area contributed by atoms with Crippen LogP contribution in [0, 0.1) is 26.1 Å². The van der Waals surface area contributed by atoms with Gasteiger partial charge in [0.2, 0.25) is 0 Å². The molecule has 1 atom stereocenters. The number of nitrogens with two attached hydrogens (primary N) is 1. The van der Waals surface area contributed by atoms with Gasteiger partial charge in [0.1, 0.15) is 5.69 Å². The van der Waals surface area contributed by atoms with Gasteiger partial charge in [0.15, 0.2) is 0 Å². The molecule has 0 amide bonds. The molecule has 0 aliphatic rings. The highest BCUT2D eigenvalue weighted by Crippen LogP contribution is 2.29. The van der Waals surface area contributed by atoms with Crippen molar-refractivity contribution in [3.63, 3.8) is 0 Å². The number of benzene rings is 1. The summed E-state index contributed by atoms with van der Waals surface area (Å²) in [5, 5.41) is 24.5. The largest absolute Gasteiger partial charge is 0.375 e. The minimum absolute atomic E-state index is 0.139. The third-order valence-corrected chi connectivity index (χ3v) is 2.79. The molecule has 104 valence electrons. The monoisotopic (exact) mass is 268 g/mol. The number of nitro benzene ring substituents is 2. The molecule has 0 fully saturated rings. The fourth-order valence-electron chi connectivity index (χ4n) is 1.60.